The molecule has 2 rings (SSSR count). The Balaban J connectivity index is 2.33. The maximum absolute atomic E-state index is 12.6. The van der Waals surface area contributed by atoms with Crippen molar-refractivity contribution in [2.24, 2.45) is 5.92 Å². The lowest BCUT2D eigenvalue weighted by molar-refractivity contribution is -0.139. The van der Waals surface area contributed by atoms with Crippen LogP contribution in [0.1, 0.15) is 25.8 Å². The first-order valence-electron chi connectivity index (χ1n) is 6.57. The molecule has 6 heteroatoms. The van der Waals surface area contributed by atoms with Crippen molar-refractivity contribution < 1.29 is 17.9 Å². The van der Waals surface area contributed by atoms with Crippen LogP contribution in [0.5, 0.6) is 0 Å². The van der Waals surface area contributed by atoms with Crippen LogP contribution in [0, 0.1) is 12.8 Å². The molecule has 0 unspecified atom stereocenters. The Morgan fingerprint density at radius 2 is 1.90 bits per heavy atom. The molecule has 1 heterocycles. The Morgan fingerprint density at radius 3 is 2.45 bits per heavy atom. The number of sulfonamides is 1. The van der Waals surface area contributed by atoms with E-state index in [0.29, 0.717) is 6.42 Å². The van der Waals surface area contributed by atoms with Gasteiger partial charge in [0, 0.05) is 0 Å². The first-order chi connectivity index (χ1) is 9.32. The molecule has 20 heavy (non-hydrogen) atoms. The fourth-order valence-electron chi connectivity index (χ4n) is 2.17. The van der Waals surface area contributed by atoms with Gasteiger partial charge in [0.25, 0.3) is 0 Å². The third-order valence-electron chi connectivity index (χ3n) is 3.28. The fourth-order valence-corrected chi connectivity index (χ4v) is 3.62. The summed E-state index contributed by atoms with van der Waals surface area (Å²) in [5, 5.41) is 0. The van der Waals surface area contributed by atoms with Crippen molar-refractivity contribution in [3.05, 3.63) is 29.8 Å². The summed E-state index contributed by atoms with van der Waals surface area (Å²) in [6.45, 7) is 5.58. The minimum atomic E-state index is -3.70. The molecule has 0 aromatic heterocycles. The lowest BCUT2D eigenvalue weighted by Gasteiger charge is -2.21. The van der Waals surface area contributed by atoms with Crippen molar-refractivity contribution in [2.75, 3.05) is 6.73 Å². The molecule has 0 amide bonds. The van der Waals surface area contributed by atoms with Gasteiger partial charge in [0.15, 0.2) is 6.73 Å². The Hall–Kier alpha value is -1.40. The number of rotatable bonds is 4. The van der Waals surface area contributed by atoms with Gasteiger partial charge in [-0.15, -0.1) is 4.31 Å². The van der Waals surface area contributed by atoms with Gasteiger partial charge in [-0.2, -0.15) is 0 Å². The quantitative estimate of drug-likeness (QED) is 0.796. The second kappa shape index (κ2) is 5.54. The van der Waals surface area contributed by atoms with Gasteiger partial charge in [-0.3, -0.25) is 4.79 Å². The Kier molecular flexibility index (Phi) is 4.15. The number of carbonyl (C=O) groups is 1. The topological polar surface area (TPSA) is 63.7 Å². The summed E-state index contributed by atoms with van der Waals surface area (Å²) in [6, 6.07) is 5.87. The molecule has 1 aromatic rings. The highest BCUT2D eigenvalue weighted by atomic mass is 32.2. The van der Waals surface area contributed by atoms with Crippen molar-refractivity contribution in [3.8, 4) is 0 Å². The summed E-state index contributed by atoms with van der Waals surface area (Å²) in [4.78, 5) is 11.9. The molecule has 0 radical (unpaired) electrons. The van der Waals surface area contributed by atoms with Gasteiger partial charge in [0.2, 0.25) is 10.0 Å². The zero-order chi connectivity index (χ0) is 14.9. The Morgan fingerprint density at radius 1 is 1.30 bits per heavy atom. The smallest absolute Gasteiger partial charge is 0.325 e. The van der Waals surface area contributed by atoms with Crippen molar-refractivity contribution >= 4 is 16.0 Å². The monoisotopic (exact) mass is 297 g/mol. The van der Waals surface area contributed by atoms with Crippen molar-refractivity contribution in [2.45, 2.75) is 38.1 Å². The van der Waals surface area contributed by atoms with E-state index < -0.39 is 22.0 Å². The number of benzene rings is 1. The van der Waals surface area contributed by atoms with Gasteiger partial charge < -0.3 is 4.74 Å². The van der Waals surface area contributed by atoms with Crippen molar-refractivity contribution in [3.63, 3.8) is 0 Å². The second-order valence-electron chi connectivity index (χ2n) is 5.44. The third-order valence-corrected chi connectivity index (χ3v) is 5.12. The highest BCUT2D eigenvalue weighted by Gasteiger charge is 2.42. The summed E-state index contributed by atoms with van der Waals surface area (Å²) >= 11 is 0. The summed E-state index contributed by atoms with van der Waals surface area (Å²) in [5.74, 6) is -0.254. The largest absolute Gasteiger partial charge is 0.447 e. The Bertz CT molecular complexity index is 592. The molecule has 0 saturated carbocycles. The maximum atomic E-state index is 12.6. The van der Waals surface area contributed by atoms with Crippen LogP contribution < -0.4 is 0 Å². The van der Waals surface area contributed by atoms with Gasteiger partial charge in [-0.1, -0.05) is 31.5 Å². The molecule has 1 aliphatic heterocycles. The fraction of sp³-hybridized carbons (Fsp3) is 0.500. The van der Waals surface area contributed by atoms with Crippen LogP contribution in [0.3, 0.4) is 0 Å². The molecular formula is C14H19NO4S. The first kappa shape index (κ1) is 15.0. The normalized spacial score (nSPS) is 20.4. The molecule has 1 fully saturated rings. The summed E-state index contributed by atoms with van der Waals surface area (Å²) in [6.07, 6.45) is 0.462. The van der Waals surface area contributed by atoms with Gasteiger partial charge in [-0.05, 0) is 31.4 Å². The minimum Gasteiger partial charge on any atom is -0.447 e. The molecule has 5 nitrogen and oxygen atoms in total. The van der Waals surface area contributed by atoms with E-state index in [4.69, 9.17) is 4.74 Å². The number of aryl methyl sites for hydroxylation is 1. The number of esters is 1. The molecule has 1 atom stereocenters. The average Bonchev–Trinajstić information content (AvgIpc) is 2.71. The number of nitrogens with zero attached hydrogens (tertiary/aromatic N) is 1. The zero-order valence-corrected chi connectivity index (χ0v) is 12.7. The van der Waals surface area contributed by atoms with Gasteiger partial charge in [0.05, 0.1) is 4.90 Å². The van der Waals surface area contributed by atoms with Crippen LogP contribution in [0.15, 0.2) is 29.2 Å². The molecule has 1 saturated heterocycles. The molecule has 0 N–H and O–H groups in total. The van der Waals surface area contributed by atoms with Gasteiger partial charge in [-0.25, -0.2) is 8.42 Å². The van der Waals surface area contributed by atoms with Crippen LogP contribution >= 0.6 is 0 Å². The van der Waals surface area contributed by atoms with Gasteiger partial charge >= 0.3 is 5.97 Å². The van der Waals surface area contributed by atoms with Crippen LogP contribution in [-0.2, 0) is 19.6 Å². The number of ether oxygens (including phenoxy) is 1. The average molecular weight is 297 g/mol. The predicted octanol–water partition coefficient (Wildman–Crippen LogP) is 1.91. The first-order valence-corrected chi connectivity index (χ1v) is 8.01. The highest BCUT2D eigenvalue weighted by molar-refractivity contribution is 7.89. The predicted molar refractivity (Wildman–Crippen MR) is 74.4 cm³/mol. The van der Waals surface area contributed by atoms with E-state index in [2.05, 4.69) is 0 Å². The second-order valence-corrected chi connectivity index (χ2v) is 7.33. The number of carbonyl (C=O) groups excluding carboxylic acids is 1. The lowest BCUT2D eigenvalue weighted by atomic mass is 10.0. The Labute approximate surface area is 119 Å². The minimum absolute atomic E-state index is 0.190. The van der Waals surface area contributed by atoms with Crippen LogP contribution in [0.4, 0.5) is 0 Å². The molecule has 0 spiro atoms. The van der Waals surface area contributed by atoms with Crippen molar-refractivity contribution in [1.29, 1.82) is 0 Å². The van der Waals surface area contributed by atoms with E-state index >= 15 is 0 Å². The molecule has 0 bridgehead atoms. The molecular weight excluding hydrogens is 278 g/mol. The van der Waals surface area contributed by atoms with E-state index in [1.807, 2.05) is 20.8 Å². The molecule has 0 aliphatic carbocycles. The van der Waals surface area contributed by atoms with Crippen LogP contribution in [0.25, 0.3) is 0 Å². The molecule has 1 aromatic carbocycles. The number of hydrogen-bond acceptors (Lipinski definition) is 4. The lowest BCUT2D eigenvalue weighted by Crippen LogP contribution is -2.38. The summed E-state index contributed by atoms with van der Waals surface area (Å²) in [7, 11) is -3.70. The maximum Gasteiger partial charge on any atom is 0.325 e. The van der Waals surface area contributed by atoms with E-state index in [0.717, 1.165) is 9.87 Å². The number of hydrogen-bond donors (Lipinski definition) is 0. The van der Waals surface area contributed by atoms with E-state index in [9.17, 15) is 13.2 Å². The van der Waals surface area contributed by atoms with Crippen molar-refractivity contribution in [1.82, 2.24) is 4.31 Å². The van der Waals surface area contributed by atoms with Crippen LogP contribution in [0.2, 0.25) is 0 Å². The van der Waals surface area contributed by atoms with E-state index in [1.54, 1.807) is 24.3 Å². The SMILES string of the molecule is Cc1ccc(S(=O)(=O)N2COC(=O)[C@H]2CC(C)C)cc1. The number of cyclic esters (lactones) is 1. The summed E-state index contributed by atoms with van der Waals surface area (Å²) < 4.78 is 31.2. The highest BCUT2D eigenvalue weighted by Crippen LogP contribution is 2.26. The zero-order valence-electron chi connectivity index (χ0n) is 11.9. The summed E-state index contributed by atoms with van der Waals surface area (Å²) in [5.41, 5.74) is 0.983. The molecule has 110 valence electrons. The standard InChI is InChI=1S/C14H19NO4S/c1-10(2)8-13-14(16)19-9-15(13)20(17,18)12-6-4-11(3)5-7-12/h4-7,10,13H,8-9H2,1-3H3/t13-/m1/s1. The van der Waals surface area contributed by atoms with E-state index in [-0.39, 0.29) is 17.5 Å². The van der Waals surface area contributed by atoms with Gasteiger partial charge in [0.1, 0.15) is 6.04 Å². The molecule has 1 aliphatic rings. The van der Waals surface area contributed by atoms with Crippen LogP contribution in [-0.4, -0.2) is 31.5 Å². The van der Waals surface area contributed by atoms with E-state index in [1.165, 1.54) is 0 Å². The third kappa shape index (κ3) is 2.86.